The summed E-state index contributed by atoms with van der Waals surface area (Å²) in [6, 6.07) is 7.93. The van der Waals surface area contributed by atoms with E-state index in [0.717, 1.165) is 5.33 Å². The molecule has 1 aliphatic rings. The lowest BCUT2D eigenvalue weighted by atomic mass is 10.4. The van der Waals surface area contributed by atoms with E-state index in [4.69, 9.17) is 0 Å². The molecular weight excluding hydrogens is 456 g/mol. The first-order valence-corrected chi connectivity index (χ1v) is 9.65. The predicted molar refractivity (Wildman–Crippen MR) is 94.2 cm³/mol. The average Bonchev–Trinajstić information content (AvgIpc) is 2.92. The standard InChI is InChI=1S/C13H11BrN2O3S2.BrH/c14-6-9-8-16-12(17)11(7-15-13(16)20-9)21(18,19)10-4-2-1-3-5-10;/h1-5,7,9H,6,8H2;1H. The molecule has 1 unspecified atom stereocenters. The third-order valence-electron chi connectivity index (χ3n) is 3.15. The Balaban J connectivity index is 0.00000176. The van der Waals surface area contributed by atoms with Gasteiger partial charge >= 0.3 is 0 Å². The highest BCUT2D eigenvalue weighted by Crippen LogP contribution is 2.30. The summed E-state index contributed by atoms with van der Waals surface area (Å²) in [7, 11) is -3.83. The molecule has 9 heteroatoms. The number of halogens is 2. The summed E-state index contributed by atoms with van der Waals surface area (Å²) in [5.74, 6) is 0. The molecule has 1 aliphatic heterocycles. The molecule has 2 heterocycles. The number of hydrogen-bond acceptors (Lipinski definition) is 5. The summed E-state index contributed by atoms with van der Waals surface area (Å²) in [6.45, 7) is 0.467. The van der Waals surface area contributed by atoms with Gasteiger partial charge < -0.3 is 0 Å². The van der Waals surface area contributed by atoms with Crippen LogP contribution < -0.4 is 5.56 Å². The molecule has 0 bridgehead atoms. The first-order chi connectivity index (χ1) is 10.0. The summed E-state index contributed by atoms with van der Waals surface area (Å²) < 4.78 is 26.5. The SMILES string of the molecule is Br.O=c1c(S(=O)(=O)c2ccccc2)cnc2n1CC(CBr)S2. The average molecular weight is 468 g/mol. The summed E-state index contributed by atoms with van der Waals surface area (Å²) in [4.78, 5) is 16.4. The lowest BCUT2D eigenvalue weighted by Gasteiger charge is -2.06. The summed E-state index contributed by atoms with van der Waals surface area (Å²) in [6.07, 6.45) is 1.17. The molecule has 0 saturated heterocycles. The molecule has 0 spiro atoms. The Hall–Kier alpha value is -0.640. The molecule has 0 aliphatic carbocycles. The maximum absolute atomic E-state index is 12.5. The second kappa shape index (κ2) is 6.86. The van der Waals surface area contributed by atoms with Crippen LogP contribution in [0.25, 0.3) is 0 Å². The van der Waals surface area contributed by atoms with E-state index in [1.54, 1.807) is 18.2 Å². The van der Waals surface area contributed by atoms with E-state index in [-0.39, 0.29) is 32.0 Å². The fourth-order valence-electron chi connectivity index (χ4n) is 2.09. The van der Waals surface area contributed by atoms with Crippen LogP contribution in [0.4, 0.5) is 0 Å². The molecule has 1 aromatic heterocycles. The van der Waals surface area contributed by atoms with Crippen molar-refractivity contribution >= 4 is 54.5 Å². The van der Waals surface area contributed by atoms with Crippen LogP contribution in [0.15, 0.2) is 56.3 Å². The maximum Gasteiger partial charge on any atom is 0.273 e. The topological polar surface area (TPSA) is 69.0 Å². The minimum Gasteiger partial charge on any atom is -0.285 e. The van der Waals surface area contributed by atoms with Gasteiger partial charge in [0.2, 0.25) is 9.84 Å². The van der Waals surface area contributed by atoms with Crippen molar-refractivity contribution in [2.75, 3.05) is 5.33 Å². The van der Waals surface area contributed by atoms with E-state index >= 15 is 0 Å². The largest absolute Gasteiger partial charge is 0.285 e. The molecule has 0 amide bonds. The van der Waals surface area contributed by atoms with Crippen LogP contribution in [0.1, 0.15) is 0 Å². The normalized spacial score (nSPS) is 16.9. The van der Waals surface area contributed by atoms with Crippen LogP contribution in [0.3, 0.4) is 0 Å². The van der Waals surface area contributed by atoms with E-state index in [0.29, 0.717) is 11.7 Å². The van der Waals surface area contributed by atoms with Gasteiger partial charge in [0.05, 0.1) is 11.1 Å². The van der Waals surface area contributed by atoms with Crippen LogP contribution in [0.5, 0.6) is 0 Å². The lowest BCUT2D eigenvalue weighted by Crippen LogP contribution is -2.27. The van der Waals surface area contributed by atoms with Crippen LogP contribution in [-0.4, -0.2) is 28.5 Å². The summed E-state index contributed by atoms with van der Waals surface area (Å²) in [5, 5.41) is 1.48. The van der Waals surface area contributed by atoms with Crippen LogP contribution in [-0.2, 0) is 16.4 Å². The quantitative estimate of drug-likeness (QED) is 0.512. The second-order valence-corrected chi connectivity index (χ2v) is 8.36. The molecular formula is C13H12Br2N2O3S2. The smallest absolute Gasteiger partial charge is 0.273 e. The molecule has 0 fully saturated rings. The highest BCUT2D eigenvalue weighted by Gasteiger charge is 2.29. The Kier molecular flexibility index (Phi) is 5.52. The van der Waals surface area contributed by atoms with E-state index in [1.165, 1.54) is 34.7 Å². The third-order valence-corrected chi connectivity index (χ3v) is 7.30. The highest BCUT2D eigenvalue weighted by molar-refractivity contribution is 9.09. The van der Waals surface area contributed by atoms with Crippen LogP contribution in [0, 0.1) is 0 Å². The van der Waals surface area contributed by atoms with Crippen molar-refractivity contribution in [3.63, 3.8) is 0 Å². The van der Waals surface area contributed by atoms with Gasteiger partial charge in [-0.25, -0.2) is 13.4 Å². The number of aromatic nitrogens is 2. The number of thioether (sulfide) groups is 1. The monoisotopic (exact) mass is 466 g/mol. The molecule has 2 aromatic rings. The Morgan fingerprint density at radius 1 is 1.32 bits per heavy atom. The van der Waals surface area contributed by atoms with E-state index < -0.39 is 15.4 Å². The van der Waals surface area contributed by atoms with Crippen molar-refractivity contribution in [2.45, 2.75) is 26.7 Å². The predicted octanol–water partition coefficient (Wildman–Crippen LogP) is 2.52. The van der Waals surface area contributed by atoms with E-state index in [2.05, 4.69) is 20.9 Å². The van der Waals surface area contributed by atoms with Crippen molar-refractivity contribution in [1.82, 2.24) is 9.55 Å². The van der Waals surface area contributed by atoms with Crippen molar-refractivity contribution in [1.29, 1.82) is 0 Å². The molecule has 1 atom stereocenters. The Morgan fingerprint density at radius 3 is 2.64 bits per heavy atom. The number of rotatable bonds is 3. The molecule has 5 nitrogen and oxygen atoms in total. The van der Waals surface area contributed by atoms with E-state index in [9.17, 15) is 13.2 Å². The van der Waals surface area contributed by atoms with Crippen molar-refractivity contribution in [3.8, 4) is 0 Å². The summed E-state index contributed by atoms with van der Waals surface area (Å²) >= 11 is 4.85. The fraction of sp³-hybridized carbons (Fsp3) is 0.231. The number of alkyl halides is 1. The van der Waals surface area contributed by atoms with Gasteiger partial charge in [-0.3, -0.25) is 9.36 Å². The zero-order valence-corrected chi connectivity index (χ0v) is 16.1. The van der Waals surface area contributed by atoms with E-state index in [1.807, 2.05) is 0 Å². The Bertz CT molecular complexity index is 838. The van der Waals surface area contributed by atoms with Gasteiger partial charge in [0.15, 0.2) is 10.1 Å². The Morgan fingerprint density at radius 2 is 2.00 bits per heavy atom. The van der Waals surface area contributed by atoms with Gasteiger partial charge in [0.25, 0.3) is 5.56 Å². The molecule has 3 rings (SSSR count). The van der Waals surface area contributed by atoms with Gasteiger partial charge in [-0.2, -0.15) is 0 Å². The molecule has 0 saturated carbocycles. The Labute approximate surface area is 151 Å². The first kappa shape index (κ1) is 17.7. The number of fused-ring (bicyclic) bond motifs is 1. The van der Waals surface area contributed by atoms with Crippen molar-refractivity contribution < 1.29 is 8.42 Å². The fourth-order valence-corrected chi connectivity index (χ4v) is 4.98. The number of benzene rings is 1. The minimum atomic E-state index is -3.83. The number of nitrogens with zero attached hydrogens (tertiary/aromatic N) is 2. The maximum atomic E-state index is 12.5. The lowest BCUT2D eigenvalue weighted by molar-refractivity contribution is 0.575. The molecule has 0 radical (unpaired) electrons. The van der Waals surface area contributed by atoms with Crippen LogP contribution >= 0.6 is 44.7 Å². The highest BCUT2D eigenvalue weighted by atomic mass is 79.9. The third kappa shape index (κ3) is 3.04. The number of hydrogen-bond donors (Lipinski definition) is 0. The van der Waals surface area contributed by atoms with Gasteiger partial charge in [0, 0.05) is 17.1 Å². The van der Waals surface area contributed by atoms with Gasteiger partial charge in [0.1, 0.15) is 0 Å². The second-order valence-electron chi connectivity index (χ2n) is 4.53. The first-order valence-electron chi connectivity index (χ1n) is 6.16. The minimum absolute atomic E-state index is 0. The molecule has 1 aromatic carbocycles. The van der Waals surface area contributed by atoms with Crippen molar-refractivity contribution in [2.24, 2.45) is 0 Å². The molecule has 22 heavy (non-hydrogen) atoms. The summed E-state index contributed by atoms with van der Waals surface area (Å²) in [5.41, 5.74) is -0.500. The zero-order valence-electron chi connectivity index (χ0n) is 11.2. The van der Waals surface area contributed by atoms with Gasteiger partial charge in [-0.15, -0.1) is 17.0 Å². The number of sulfone groups is 1. The van der Waals surface area contributed by atoms with Gasteiger partial charge in [-0.05, 0) is 12.1 Å². The van der Waals surface area contributed by atoms with Crippen LogP contribution in [0.2, 0.25) is 0 Å². The molecule has 118 valence electrons. The van der Waals surface area contributed by atoms with Gasteiger partial charge in [-0.1, -0.05) is 45.9 Å². The zero-order chi connectivity index (χ0) is 15.0. The van der Waals surface area contributed by atoms with Crippen molar-refractivity contribution in [3.05, 3.63) is 46.9 Å². The molecule has 0 N–H and O–H groups in total.